The van der Waals surface area contributed by atoms with Gasteiger partial charge in [-0.1, -0.05) is 6.07 Å². The number of carbonyl (C=O) groups is 1. The van der Waals surface area contributed by atoms with Gasteiger partial charge in [-0.2, -0.15) is 0 Å². The number of nitrogens with two attached hydrogens (primary N) is 1. The van der Waals surface area contributed by atoms with Gasteiger partial charge >= 0.3 is 0 Å². The number of hydrogen-bond donors (Lipinski definition) is 3. The van der Waals surface area contributed by atoms with Gasteiger partial charge in [-0.05, 0) is 42.5 Å². The third kappa shape index (κ3) is 3.37. The normalized spacial score (nSPS) is 20.7. The van der Waals surface area contributed by atoms with Gasteiger partial charge in [0.2, 0.25) is 5.91 Å². The lowest BCUT2D eigenvalue weighted by atomic mass is 9.87. The molecule has 1 aliphatic carbocycles. The molecule has 112 valence electrons. The van der Waals surface area contributed by atoms with E-state index in [-0.39, 0.29) is 42.7 Å². The number of fused-ring (bicyclic) bond motifs is 1. The van der Waals surface area contributed by atoms with Crippen LogP contribution in [0, 0.1) is 5.92 Å². The van der Waals surface area contributed by atoms with Crippen LogP contribution in [-0.2, 0) is 11.2 Å². The number of halogens is 2. The molecule has 0 spiro atoms. The van der Waals surface area contributed by atoms with Crippen LogP contribution in [0.15, 0.2) is 18.2 Å². The Morgan fingerprint density at radius 1 is 1.30 bits per heavy atom. The molecule has 0 radical (unpaired) electrons. The minimum atomic E-state index is 0. The summed E-state index contributed by atoms with van der Waals surface area (Å²) in [5.74, 6) is 0.340. The van der Waals surface area contributed by atoms with E-state index >= 15 is 0 Å². The van der Waals surface area contributed by atoms with Crippen LogP contribution in [0.4, 0.5) is 5.69 Å². The van der Waals surface area contributed by atoms with Crippen LogP contribution in [0.5, 0.6) is 0 Å². The fraction of sp³-hybridized carbons (Fsp3) is 0.500. The van der Waals surface area contributed by atoms with Gasteiger partial charge in [-0.3, -0.25) is 4.79 Å². The van der Waals surface area contributed by atoms with Crippen LogP contribution in [0.2, 0.25) is 0 Å². The Kier molecular flexibility index (Phi) is 6.11. The predicted octanol–water partition coefficient (Wildman–Crippen LogP) is 1.83. The second-order valence-corrected chi connectivity index (χ2v) is 5.27. The Hall–Kier alpha value is -0.970. The first-order valence-electron chi connectivity index (χ1n) is 6.63. The highest BCUT2D eigenvalue weighted by atomic mass is 35.5. The van der Waals surface area contributed by atoms with Crippen molar-refractivity contribution in [1.82, 2.24) is 10.6 Å². The van der Waals surface area contributed by atoms with Gasteiger partial charge in [0, 0.05) is 18.8 Å². The van der Waals surface area contributed by atoms with Crippen molar-refractivity contribution in [3.8, 4) is 0 Å². The summed E-state index contributed by atoms with van der Waals surface area (Å²) >= 11 is 0. The Morgan fingerprint density at radius 3 is 2.70 bits per heavy atom. The van der Waals surface area contributed by atoms with Crippen LogP contribution in [0.3, 0.4) is 0 Å². The van der Waals surface area contributed by atoms with Crippen molar-refractivity contribution >= 4 is 36.4 Å². The minimum Gasteiger partial charge on any atom is -0.399 e. The number of carbonyl (C=O) groups excluding carboxylic acids is 1. The van der Waals surface area contributed by atoms with Crippen LogP contribution in [0.25, 0.3) is 0 Å². The molecule has 4 N–H and O–H groups in total. The predicted molar refractivity (Wildman–Crippen MR) is 85.5 cm³/mol. The Bertz CT molecular complexity index is 477. The van der Waals surface area contributed by atoms with Gasteiger partial charge in [0.1, 0.15) is 0 Å². The van der Waals surface area contributed by atoms with E-state index in [1.54, 1.807) is 0 Å². The van der Waals surface area contributed by atoms with Crippen LogP contribution in [-0.4, -0.2) is 19.0 Å². The highest BCUT2D eigenvalue weighted by Crippen LogP contribution is 2.31. The van der Waals surface area contributed by atoms with E-state index in [1.807, 2.05) is 12.1 Å². The minimum absolute atomic E-state index is 0. The van der Waals surface area contributed by atoms with Crippen molar-refractivity contribution < 1.29 is 4.79 Å². The van der Waals surface area contributed by atoms with Gasteiger partial charge in [-0.25, -0.2) is 0 Å². The number of aryl methyl sites for hydroxylation is 1. The summed E-state index contributed by atoms with van der Waals surface area (Å²) in [6, 6.07) is 6.20. The van der Waals surface area contributed by atoms with Crippen molar-refractivity contribution in [2.75, 3.05) is 18.8 Å². The molecule has 0 saturated carbocycles. The van der Waals surface area contributed by atoms with Crippen molar-refractivity contribution in [1.29, 1.82) is 0 Å². The Balaban J connectivity index is 0.000001000. The molecule has 0 aromatic heterocycles. The lowest BCUT2D eigenvalue weighted by Gasteiger charge is -2.31. The van der Waals surface area contributed by atoms with E-state index in [4.69, 9.17) is 5.73 Å². The molecule has 20 heavy (non-hydrogen) atoms. The number of rotatable bonds is 2. The molecule has 1 heterocycles. The first-order valence-corrected chi connectivity index (χ1v) is 6.63. The summed E-state index contributed by atoms with van der Waals surface area (Å²) < 4.78 is 0. The van der Waals surface area contributed by atoms with Gasteiger partial charge in [0.25, 0.3) is 0 Å². The molecule has 6 heteroatoms. The SMILES string of the molecule is Cl.Cl.Nc1ccc2c(c1)CCCC2NC(=O)C1CNC1. The molecule has 1 saturated heterocycles. The summed E-state index contributed by atoms with van der Waals surface area (Å²) in [6.07, 6.45) is 3.21. The van der Waals surface area contributed by atoms with Crippen molar-refractivity contribution in [3.05, 3.63) is 29.3 Å². The summed E-state index contributed by atoms with van der Waals surface area (Å²) in [5.41, 5.74) is 9.16. The molecule has 1 unspecified atom stereocenters. The van der Waals surface area contributed by atoms with Crippen LogP contribution in [0.1, 0.15) is 30.0 Å². The molecule has 4 nitrogen and oxygen atoms in total. The Morgan fingerprint density at radius 2 is 2.05 bits per heavy atom. The zero-order valence-electron chi connectivity index (χ0n) is 11.2. The monoisotopic (exact) mass is 317 g/mol. The van der Waals surface area contributed by atoms with Gasteiger partial charge in [0.05, 0.1) is 12.0 Å². The molecule has 1 aromatic rings. The lowest BCUT2D eigenvalue weighted by Crippen LogP contribution is -2.51. The largest absolute Gasteiger partial charge is 0.399 e. The number of hydrogen-bond acceptors (Lipinski definition) is 3. The quantitative estimate of drug-likeness (QED) is 0.729. The molecule has 3 rings (SSSR count). The molecular weight excluding hydrogens is 297 g/mol. The third-order valence-electron chi connectivity index (χ3n) is 3.95. The number of benzene rings is 1. The van der Waals surface area contributed by atoms with E-state index in [0.29, 0.717) is 0 Å². The smallest absolute Gasteiger partial charge is 0.226 e. The van der Waals surface area contributed by atoms with Crippen LogP contribution < -0.4 is 16.4 Å². The van der Waals surface area contributed by atoms with Gasteiger partial charge < -0.3 is 16.4 Å². The highest BCUT2D eigenvalue weighted by Gasteiger charge is 2.28. The maximum absolute atomic E-state index is 12.0. The third-order valence-corrected chi connectivity index (χ3v) is 3.95. The van der Waals surface area contributed by atoms with Gasteiger partial charge in [-0.15, -0.1) is 24.8 Å². The van der Waals surface area contributed by atoms with Crippen molar-refractivity contribution in [3.63, 3.8) is 0 Å². The highest BCUT2D eigenvalue weighted by molar-refractivity contribution is 5.85. The second kappa shape index (κ2) is 7.16. The maximum atomic E-state index is 12.0. The zero-order valence-corrected chi connectivity index (χ0v) is 12.9. The van der Waals surface area contributed by atoms with E-state index in [1.165, 1.54) is 11.1 Å². The summed E-state index contributed by atoms with van der Waals surface area (Å²) in [7, 11) is 0. The molecule has 1 aliphatic heterocycles. The molecule has 1 atom stereocenters. The molecule has 1 aromatic carbocycles. The fourth-order valence-electron chi connectivity index (χ4n) is 2.75. The van der Waals surface area contributed by atoms with Gasteiger partial charge in [0.15, 0.2) is 0 Å². The number of amides is 1. The summed E-state index contributed by atoms with van der Waals surface area (Å²) in [4.78, 5) is 12.0. The first-order chi connectivity index (χ1) is 8.74. The van der Waals surface area contributed by atoms with E-state index < -0.39 is 0 Å². The number of nitrogen functional groups attached to an aromatic ring is 1. The second-order valence-electron chi connectivity index (χ2n) is 5.27. The first kappa shape index (κ1) is 17.1. The number of nitrogens with one attached hydrogen (secondary N) is 2. The van der Waals surface area contributed by atoms with Crippen molar-refractivity contribution in [2.24, 2.45) is 5.92 Å². The summed E-state index contributed by atoms with van der Waals surface area (Å²) in [5, 5.41) is 6.31. The van der Waals surface area contributed by atoms with Crippen molar-refractivity contribution in [2.45, 2.75) is 25.3 Å². The zero-order chi connectivity index (χ0) is 12.5. The average molecular weight is 318 g/mol. The molecule has 1 fully saturated rings. The van der Waals surface area contributed by atoms with E-state index in [0.717, 1.165) is 38.0 Å². The van der Waals surface area contributed by atoms with Crippen LogP contribution >= 0.6 is 24.8 Å². The molecule has 1 amide bonds. The fourth-order valence-corrected chi connectivity index (χ4v) is 2.75. The average Bonchev–Trinajstić information content (AvgIpc) is 2.26. The molecule has 2 aliphatic rings. The molecule has 0 bridgehead atoms. The summed E-state index contributed by atoms with van der Waals surface area (Å²) in [6.45, 7) is 1.63. The number of anilines is 1. The van der Waals surface area contributed by atoms with E-state index in [2.05, 4.69) is 16.7 Å². The van der Waals surface area contributed by atoms with E-state index in [9.17, 15) is 4.79 Å². The lowest BCUT2D eigenvalue weighted by molar-refractivity contribution is -0.127. The Labute approximate surface area is 131 Å². The molecular formula is C14H21Cl2N3O. The standard InChI is InChI=1S/C14H19N3O.2ClH/c15-11-4-5-12-9(6-11)2-1-3-13(12)17-14(18)10-7-16-8-10;;/h4-6,10,13,16H,1-3,7-8,15H2,(H,17,18);2*1H. The maximum Gasteiger partial charge on any atom is 0.226 e. The topological polar surface area (TPSA) is 67.1 Å².